The lowest BCUT2D eigenvalue weighted by Crippen LogP contribution is -2.38. The summed E-state index contributed by atoms with van der Waals surface area (Å²) >= 11 is 0. The molecule has 0 aliphatic heterocycles. The van der Waals surface area contributed by atoms with Crippen molar-refractivity contribution in [1.29, 1.82) is 0 Å². The van der Waals surface area contributed by atoms with Crippen molar-refractivity contribution in [2.45, 2.75) is 77.6 Å². The summed E-state index contributed by atoms with van der Waals surface area (Å²) in [6.07, 6.45) is 5.98. The number of hydrogen-bond donors (Lipinski definition) is 0. The molecule has 4 unspecified atom stereocenters. The van der Waals surface area contributed by atoms with Crippen molar-refractivity contribution in [3.05, 3.63) is 0 Å². The van der Waals surface area contributed by atoms with E-state index in [0.29, 0.717) is 24.7 Å². The van der Waals surface area contributed by atoms with E-state index in [-0.39, 0.29) is 5.41 Å². The topological polar surface area (TPSA) is 0 Å². The van der Waals surface area contributed by atoms with Gasteiger partial charge in [-0.15, -0.1) is 0 Å². The van der Waals surface area contributed by atoms with E-state index in [1.807, 2.05) is 0 Å². The van der Waals surface area contributed by atoms with Crippen LogP contribution in [0.3, 0.4) is 0 Å². The molecule has 4 atom stereocenters. The Morgan fingerprint density at radius 3 is 1.53 bits per heavy atom. The van der Waals surface area contributed by atoms with Gasteiger partial charge in [0.2, 0.25) is 0 Å². The molecule has 2 saturated carbocycles. The number of rotatable bonds is 2. The Kier molecular flexibility index (Phi) is 4.10. The summed E-state index contributed by atoms with van der Waals surface area (Å²) in [4.78, 5) is 0. The van der Waals surface area contributed by atoms with Gasteiger partial charge in [0.15, 0.2) is 0 Å². The van der Waals surface area contributed by atoms with E-state index in [1.54, 1.807) is 0 Å². The second-order valence-corrected chi connectivity index (χ2v) is 6.74. The van der Waals surface area contributed by atoms with Gasteiger partial charge in [-0.3, -0.25) is 0 Å². The highest BCUT2D eigenvalue weighted by Gasteiger charge is 2.41. The van der Waals surface area contributed by atoms with Gasteiger partial charge in [-0.2, -0.15) is 0 Å². The maximum atomic E-state index is 13.5. The third-order valence-corrected chi connectivity index (χ3v) is 5.32. The van der Waals surface area contributed by atoms with Gasteiger partial charge in [0, 0.05) is 0 Å². The molecule has 0 saturated heterocycles. The maximum Gasteiger partial charge on any atom is 0.100 e. The lowest BCUT2D eigenvalue weighted by Gasteiger charge is -2.45. The molecule has 100 valence electrons. The molecule has 0 N–H and O–H groups in total. The molecule has 0 nitrogen and oxygen atoms in total. The minimum atomic E-state index is -0.613. The van der Waals surface area contributed by atoms with Crippen LogP contribution < -0.4 is 0 Å². The van der Waals surface area contributed by atoms with Crippen molar-refractivity contribution in [3.63, 3.8) is 0 Å². The Hall–Kier alpha value is -0.140. The lowest BCUT2D eigenvalue weighted by atomic mass is 9.60. The van der Waals surface area contributed by atoms with Crippen LogP contribution in [-0.4, -0.2) is 12.3 Å². The Morgan fingerprint density at radius 1 is 0.765 bits per heavy atom. The molecule has 0 heterocycles. The Labute approximate surface area is 104 Å². The van der Waals surface area contributed by atoms with Crippen molar-refractivity contribution >= 4 is 0 Å². The summed E-state index contributed by atoms with van der Waals surface area (Å²) in [6.45, 7) is 4.50. The average Bonchev–Trinajstić information content (AvgIpc) is 2.29. The molecular formula is C15H26F2. The predicted octanol–water partition coefficient (Wildman–Crippen LogP) is 5.07. The van der Waals surface area contributed by atoms with Crippen LogP contribution in [0.15, 0.2) is 0 Å². The van der Waals surface area contributed by atoms with Gasteiger partial charge in [-0.05, 0) is 55.8 Å². The van der Waals surface area contributed by atoms with Crippen molar-refractivity contribution in [2.24, 2.45) is 17.3 Å². The molecule has 2 aliphatic carbocycles. The molecule has 2 heteroatoms. The fourth-order valence-corrected chi connectivity index (χ4v) is 3.95. The SMILES string of the molecule is CC(C)(C1CCCC(F)C1)C1CCCC(F)C1. The zero-order valence-corrected chi connectivity index (χ0v) is 11.2. The van der Waals surface area contributed by atoms with Gasteiger partial charge in [0.25, 0.3) is 0 Å². The highest BCUT2D eigenvalue weighted by molar-refractivity contribution is 4.91. The van der Waals surface area contributed by atoms with Crippen molar-refractivity contribution in [2.75, 3.05) is 0 Å². The van der Waals surface area contributed by atoms with Gasteiger partial charge in [0.05, 0.1) is 0 Å². The van der Waals surface area contributed by atoms with Crippen LogP contribution >= 0.6 is 0 Å². The number of halogens is 2. The average molecular weight is 244 g/mol. The molecule has 2 rings (SSSR count). The molecule has 0 spiro atoms. The van der Waals surface area contributed by atoms with Crippen LogP contribution in [0.1, 0.15) is 65.2 Å². The summed E-state index contributed by atoms with van der Waals surface area (Å²) in [7, 11) is 0. The second-order valence-electron chi connectivity index (χ2n) is 6.74. The monoisotopic (exact) mass is 244 g/mol. The highest BCUT2D eigenvalue weighted by Crippen LogP contribution is 2.49. The molecule has 17 heavy (non-hydrogen) atoms. The minimum absolute atomic E-state index is 0.121. The Bertz CT molecular complexity index is 225. The number of hydrogen-bond acceptors (Lipinski definition) is 0. The molecule has 0 aromatic rings. The fraction of sp³-hybridized carbons (Fsp3) is 1.00. The molecule has 0 bridgehead atoms. The fourth-order valence-electron chi connectivity index (χ4n) is 3.95. The zero-order chi connectivity index (χ0) is 12.5. The van der Waals surface area contributed by atoms with Gasteiger partial charge in [-0.25, -0.2) is 8.78 Å². The highest BCUT2D eigenvalue weighted by atomic mass is 19.1. The summed E-state index contributed by atoms with van der Waals surface area (Å²) in [6, 6.07) is 0. The zero-order valence-electron chi connectivity index (χ0n) is 11.2. The Morgan fingerprint density at radius 2 is 1.18 bits per heavy atom. The molecule has 2 aliphatic rings. The van der Waals surface area contributed by atoms with E-state index >= 15 is 0 Å². The molecule has 0 amide bonds. The first-order valence-electron chi connectivity index (χ1n) is 7.28. The van der Waals surface area contributed by atoms with Crippen LogP contribution in [0, 0.1) is 17.3 Å². The first kappa shape index (κ1) is 13.3. The number of alkyl halides is 2. The standard InChI is InChI=1S/C15H26F2/c1-15(2,11-5-3-7-13(16)9-11)12-6-4-8-14(17)10-12/h11-14H,3-10H2,1-2H3. The van der Waals surface area contributed by atoms with Gasteiger partial charge < -0.3 is 0 Å². The minimum Gasteiger partial charge on any atom is -0.247 e. The molecule has 0 aromatic heterocycles. The first-order chi connectivity index (χ1) is 8.00. The molecule has 2 fully saturated rings. The summed E-state index contributed by atoms with van der Waals surface area (Å²) in [5.41, 5.74) is 0.121. The molecule has 0 aromatic carbocycles. The largest absolute Gasteiger partial charge is 0.247 e. The van der Waals surface area contributed by atoms with E-state index < -0.39 is 12.3 Å². The van der Waals surface area contributed by atoms with Crippen LogP contribution in [0.25, 0.3) is 0 Å². The van der Waals surface area contributed by atoms with E-state index in [0.717, 1.165) is 38.5 Å². The van der Waals surface area contributed by atoms with Gasteiger partial charge >= 0.3 is 0 Å². The van der Waals surface area contributed by atoms with Crippen molar-refractivity contribution < 1.29 is 8.78 Å². The van der Waals surface area contributed by atoms with Crippen molar-refractivity contribution in [1.82, 2.24) is 0 Å². The van der Waals surface area contributed by atoms with E-state index in [2.05, 4.69) is 13.8 Å². The van der Waals surface area contributed by atoms with E-state index in [9.17, 15) is 8.78 Å². The van der Waals surface area contributed by atoms with Crippen LogP contribution in [-0.2, 0) is 0 Å². The predicted molar refractivity (Wildman–Crippen MR) is 67.5 cm³/mol. The van der Waals surface area contributed by atoms with Crippen molar-refractivity contribution in [3.8, 4) is 0 Å². The maximum absolute atomic E-state index is 13.5. The Balaban J connectivity index is 2.00. The first-order valence-corrected chi connectivity index (χ1v) is 7.28. The summed E-state index contributed by atoms with van der Waals surface area (Å²) in [5, 5.41) is 0. The molecular weight excluding hydrogens is 218 g/mol. The van der Waals surface area contributed by atoms with Crippen LogP contribution in [0.2, 0.25) is 0 Å². The van der Waals surface area contributed by atoms with Crippen LogP contribution in [0.5, 0.6) is 0 Å². The normalized spacial score (nSPS) is 40.2. The molecule has 0 radical (unpaired) electrons. The summed E-state index contributed by atoms with van der Waals surface area (Å²) in [5.74, 6) is 0.920. The third kappa shape index (κ3) is 3.00. The van der Waals surface area contributed by atoms with Gasteiger partial charge in [-0.1, -0.05) is 26.7 Å². The van der Waals surface area contributed by atoms with E-state index in [4.69, 9.17) is 0 Å². The quantitative estimate of drug-likeness (QED) is 0.636. The third-order valence-electron chi connectivity index (χ3n) is 5.32. The summed E-state index contributed by atoms with van der Waals surface area (Å²) < 4.78 is 27.1. The second kappa shape index (κ2) is 5.24. The van der Waals surface area contributed by atoms with Gasteiger partial charge in [0.1, 0.15) is 12.3 Å². The lowest BCUT2D eigenvalue weighted by molar-refractivity contribution is 0.0176. The van der Waals surface area contributed by atoms with Crippen LogP contribution in [0.4, 0.5) is 8.78 Å². The smallest absolute Gasteiger partial charge is 0.100 e. The van der Waals surface area contributed by atoms with E-state index in [1.165, 1.54) is 0 Å².